The van der Waals surface area contributed by atoms with Gasteiger partial charge in [-0.25, -0.2) is 0 Å². The van der Waals surface area contributed by atoms with Gasteiger partial charge in [-0.05, 0) is 74.2 Å². The maximum absolute atomic E-state index is 5.58. The topological polar surface area (TPSA) is 24.9 Å². The van der Waals surface area contributed by atoms with Gasteiger partial charge >= 0.3 is 7.69 Å². The lowest BCUT2D eigenvalue weighted by atomic mass is 10.2. The molecule has 0 spiro atoms. The lowest BCUT2D eigenvalue weighted by Crippen LogP contribution is -2.17. The summed E-state index contributed by atoms with van der Waals surface area (Å²) in [6.45, 7) is 4.62. The van der Waals surface area contributed by atoms with Gasteiger partial charge in [0.1, 0.15) is 11.5 Å². The van der Waals surface area contributed by atoms with Crippen LogP contribution in [0.25, 0.3) is 0 Å². The molecular formula is C20H24BN2O2. The Hall–Kier alpha value is -2.30. The Labute approximate surface area is 150 Å². The van der Waals surface area contributed by atoms with Gasteiger partial charge in [-0.1, -0.05) is 0 Å². The summed E-state index contributed by atoms with van der Waals surface area (Å²) in [4.78, 5) is 4.82. The molecule has 25 heavy (non-hydrogen) atoms. The van der Waals surface area contributed by atoms with E-state index < -0.39 is 0 Å². The quantitative estimate of drug-likeness (QED) is 0.748. The van der Waals surface area contributed by atoms with Crippen LogP contribution in [0.2, 0.25) is 0 Å². The Morgan fingerprint density at radius 1 is 0.560 bits per heavy atom. The summed E-state index contributed by atoms with van der Waals surface area (Å²) < 4.78 is 11.2. The molecular weight excluding hydrogens is 311 g/mol. The zero-order valence-corrected chi connectivity index (χ0v) is 14.6. The van der Waals surface area contributed by atoms with Gasteiger partial charge in [0, 0.05) is 37.6 Å². The van der Waals surface area contributed by atoms with Crippen LogP contribution in [0.5, 0.6) is 11.5 Å². The van der Waals surface area contributed by atoms with Crippen LogP contribution >= 0.6 is 0 Å². The molecule has 0 saturated carbocycles. The van der Waals surface area contributed by atoms with Crippen molar-refractivity contribution in [3.8, 4) is 11.5 Å². The highest BCUT2D eigenvalue weighted by molar-refractivity contribution is 6.20. The van der Waals surface area contributed by atoms with Gasteiger partial charge in [-0.15, -0.1) is 0 Å². The van der Waals surface area contributed by atoms with Gasteiger partial charge in [-0.3, -0.25) is 0 Å². The number of benzene rings is 2. The maximum Gasteiger partial charge on any atom is 0.658 e. The van der Waals surface area contributed by atoms with Crippen molar-refractivity contribution in [3.63, 3.8) is 0 Å². The summed E-state index contributed by atoms with van der Waals surface area (Å²) in [6.07, 6.45) is 5.15. The first kappa shape index (κ1) is 16.2. The third kappa shape index (κ3) is 4.03. The highest BCUT2D eigenvalue weighted by Gasteiger charge is 2.13. The van der Waals surface area contributed by atoms with Crippen molar-refractivity contribution in [2.45, 2.75) is 25.7 Å². The fourth-order valence-corrected chi connectivity index (χ4v) is 3.56. The van der Waals surface area contributed by atoms with Crippen LogP contribution in [0.3, 0.4) is 0 Å². The first-order chi connectivity index (χ1) is 12.4. The van der Waals surface area contributed by atoms with E-state index in [1.807, 2.05) is 24.3 Å². The Morgan fingerprint density at radius 2 is 0.920 bits per heavy atom. The van der Waals surface area contributed by atoms with E-state index in [1.165, 1.54) is 44.7 Å². The molecule has 0 bridgehead atoms. The third-order valence-electron chi connectivity index (χ3n) is 4.98. The van der Waals surface area contributed by atoms with Crippen LogP contribution in [0.1, 0.15) is 25.7 Å². The van der Waals surface area contributed by atoms with E-state index in [0.717, 1.165) is 37.7 Å². The second-order valence-electron chi connectivity index (χ2n) is 6.71. The summed E-state index contributed by atoms with van der Waals surface area (Å²) in [5, 5.41) is 0. The molecule has 2 aliphatic heterocycles. The van der Waals surface area contributed by atoms with E-state index in [4.69, 9.17) is 9.31 Å². The summed E-state index contributed by atoms with van der Waals surface area (Å²) in [5.74, 6) is 1.58. The Balaban J connectivity index is 1.25. The molecule has 129 valence electrons. The maximum atomic E-state index is 5.58. The summed E-state index contributed by atoms with van der Waals surface area (Å²) in [7, 11) is 1.40. The zero-order chi connectivity index (χ0) is 16.9. The van der Waals surface area contributed by atoms with Crippen LogP contribution in [-0.2, 0) is 0 Å². The molecule has 2 aromatic rings. The molecule has 2 heterocycles. The molecule has 2 fully saturated rings. The van der Waals surface area contributed by atoms with E-state index in [0.29, 0.717) is 0 Å². The van der Waals surface area contributed by atoms with E-state index in [2.05, 4.69) is 34.1 Å². The predicted octanol–water partition coefficient (Wildman–Crippen LogP) is 3.88. The summed E-state index contributed by atoms with van der Waals surface area (Å²) in [5.41, 5.74) is 2.53. The van der Waals surface area contributed by atoms with Gasteiger partial charge in [0.25, 0.3) is 0 Å². The first-order valence-corrected chi connectivity index (χ1v) is 9.23. The standard InChI is InChI=1S/C20H24BN2O2/c1-2-14-22(13-1)17-5-9-19(10-6-17)24-21-25-20-11-7-18(8-12-20)23-15-3-4-16-23/h5-12H,1-4,13-16H2. The average Bonchev–Trinajstić information content (AvgIpc) is 3.37. The third-order valence-corrected chi connectivity index (χ3v) is 4.98. The molecule has 0 amide bonds. The molecule has 0 aliphatic carbocycles. The van der Waals surface area contributed by atoms with Crippen LogP contribution in [0, 0.1) is 0 Å². The number of hydrogen-bond donors (Lipinski definition) is 0. The Kier molecular flexibility index (Phi) is 5.00. The molecule has 5 heteroatoms. The molecule has 4 nitrogen and oxygen atoms in total. The monoisotopic (exact) mass is 335 g/mol. The molecule has 2 saturated heterocycles. The van der Waals surface area contributed by atoms with E-state index in [9.17, 15) is 0 Å². The van der Waals surface area contributed by atoms with Gasteiger partial charge in [0.15, 0.2) is 0 Å². The summed E-state index contributed by atoms with van der Waals surface area (Å²) in [6, 6.07) is 16.4. The van der Waals surface area contributed by atoms with Crippen molar-refractivity contribution in [2.24, 2.45) is 0 Å². The summed E-state index contributed by atoms with van der Waals surface area (Å²) >= 11 is 0. The first-order valence-electron chi connectivity index (χ1n) is 9.23. The van der Waals surface area contributed by atoms with Crippen molar-refractivity contribution >= 4 is 19.1 Å². The van der Waals surface area contributed by atoms with Crippen LogP contribution in [0.4, 0.5) is 11.4 Å². The van der Waals surface area contributed by atoms with Crippen molar-refractivity contribution in [1.29, 1.82) is 0 Å². The van der Waals surface area contributed by atoms with E-state index in [-0.39, 0.29) is 0 Å². The van der Waals surface area contributed by atoms with Crippen molar-refractivity contribution in [1.82, 2.24) is 0 Å². The number of rotatable bonds is 6. The Bertz CT molecular complexity index is 604. The number of nitrogens with zero attached hydrogens (tertiary/aromatic N) is 2. The van der Waals surface area contributed by atoms with E-state index >= 15 is 0 Å². The highest BCUT2D eigenvalue weighted by atomic mass is 16.6. The number of anilines is 2. The zero-order valence-electron chi connectivity index (χ0n) is 14.6. The lowest BCUT2D eigenvalue weighted by molar-refractivity contribution is 0.459. The van der Waals surface area contributed by atoms with Gasteiger partial charge < -0.3 is 19.1 Å². The second kappa shape index (κ2) is 7.73. The fraction of sp³-hybridized carbons (Fsp3) is 0.400. The van der Waals surface area contributed by atoms with Gasteiger partial charge in [0.05, 0.1) is 0 Å². The van der Waals surface area contributed by atoms with Crippen LogP contribution in [0.15, 0.2) is 48.5 Å². The van der Waals surface area contributed by atoms with Crippen molar-refractivity contribution in [3.05, 3.63) is 48.5 Å². The SMILES string of the molecule is [B](Oc1ccc(N2CCCC2)cc1)Oc1ccc(N2CCCC2)cc1. The molecule has 0 aromatic heterocycles. The highest BCUT2D eigenvalue weighted by Crippen LogP contribution is 2.24. The number of hydrogen-bond acceptors (Lipinski definition) is 4. The molecule has 0 unspecified atom stereocenters. The fourth-order valence-electron chi connectivity index (χ4n) is 3.56. The lowest BCUT2D eigenvalue weighted by Gasteiger charge is -2.18. The minimum absolute atomic E-state index is 0.789. The molecule has 0 N–H and O–H groups in total. The van der Waals surface area contributed by atoms with Crippen LogP contribution in [-0.4, -0.2) is 33.9 Å². The van der Waals surface area contributed by atoms with Crippen molar-refractivity contribution in [2.75, 3.05) is 36.0 Å². The normalized spacial score (nSPS) is 17.0. The van der Waals surface area contributed by atoms with Gasteiger partial charge in [-0.2, -0.15) is 0 Å². The van der Waals surface area contributed by atoms with Gasteiger partial charge in [0.2, 0.25) is 0 Å². The minimum Gasteiger partial charge on any atom is -0.526 e. The van der Waals surface area contributed by atoms with Crippen LogP contribution < -0.4 is 19.1 Å². The molecule has 1 radical (unpaired) electrons. The van der Waals surface area contributed by atoms with E-state index in [1.54, 1.807) is 0 Å². The molecule has 2 aliphatic rings. The minimum atomic E-state index is 0.789. The Morgan fingerprint density at radius 3 is 1.28 bits per heavy atom. The molecule has 4 rings (SSSR count). The smallest absolute Gasteiger partial charge is 0.526 e. The molecule has 0 atom stereocenters. The molecule has 2 aromatic carbocycles. The van der Waals surface area contributed by atoms with Crippen molar-refractivity contribution < 1.29 is 9.31 Å². The second-order valence-corrected chi connectivity index (χ2v) is 6.71. The predicted molar refractivity (Wildman–Crippen MR) is 103 cm³/mol. The average molecular weight is 335 g/mol. The largest absolute Gasteiger partial charge is 0.658 e.